The first-order valence-electron chi connectivity index (χ1n) is 6.97. The van der Waals surface area contributed by atoms with Gasteiger partial charge in [-0.3, -0.25) is 9.59 Å². The molecular weight excluding hydrogens is 311 g/mol. The molecule has 6 heteroatoms. The standard InChI is InChI=1S/C15H18Cl2N2O2/c1-10(8-11-2-3-12(16)9-13(11)17)15(21)19-6-4-14(20)18-5-7-19/h2-3,9-10H,4-8H2,1H3,(H,18,20). The Balaban J connectivity index is 2.00. The molecule has 0 spiro atoms. The van der Waals surface area contributed by atoms with Crippen molar-refractivity contribution in [3.05, 3.63) is 33.8 Å². The minimum absolute atomic E-state index is 0.00120. The van der Waals surface area contributed by atoms with Crippen molar-refractivity contribution < 1.29 is 9.59 Å². The number of hydrogen-bond donors (Lipinski definition) is 1. The lowest BCUT2D eigenvalue weighted by molar-refractivity contribution is -0.134. The van der Waals surface area contributed by atoms with Crippen LogP contribution in [0, 0.1) is 5.92 Å². The van der Waals surface area contributed by atoms with E-state index in [0.29, 0.717) is 42.5 Å². The molecule has 0 aliphatic carbocycles. The van der Waals surface area contributed by atoms with Crippen LogP contribution >= 0.6 is 23.2 Å². The van der Waals surface area contributed by atoms with E-state index in [1.807, 2.05) is 13.0 Å². The van der Waals surface area contributed by atoms with E-state index >= 15 is 0 Å². The van der Waals surface area contributed by atoms with Crippen molar-refractivity contribution in [2.45, 2.75) is 19.8 Å². The number of halogens is 2. The normalized spacial score (nSPS) is 17.1. The van der Waals surface area contributed by atoms with Gasteiger partial charge in [-0.25, -0.2) is 0 Å². The van der Waals surface area contributed by atoms with Crippen LogP contribution in [-0.4, -0.2) is 36.3 Å². The van der Waals surface area contributed by atoms with Gasteiger partial charge >= 0.3 is 0 Å². The lowest BCUT2D eigenvalue weighted by Gasteiger charge is -2.23. The van der Waals surface area contributed by atoms with E-state index in [1.54, 1.807) is 17.0 Å². The van der Waals surface area contributed by atoms with Crippen molar-refractivity contribution in [2.24, 2.45) is 5.92 Å². The maximum Gasteiger partial charge on any atom is 0.225 e. The lowest BCUT2D eigenvalue weighted by atomic mass is 9.99. The summed E-state index contributed by atoms with van der Waals surface area (Å²) < 4.78 is 0. The maximum atomic E-state index is 12.5. The van der Waals surface area contributed by atoms with Gasteiger partial charge in [-0.1, -0.05) is 36.2 Å². The number of benzene rings is 1. The van der Waals surface area contributed by atoms with E-state index in [1.165, 1.54) is 0 Å². The first kappa shape index (κ1) is 16.1. The van der Waals surface area contributed by atoms with Crippen molar-refractivity contribution in [3.63, 3.8) is 0 Å². The summed E-state index contributed by atoms with van der Waals surface area (Å²) >= 11 is 12.0. The predicted octanol–water partition coefficient (Wildman–Crippen LogP) is 2.52. The molecule has 1 aromatic rings. The molecule has 4 nitrogen and oxygen atoms in total. The van der Waals surface area contributed by atoms with Gasteiger partial charge in [0, 0.05) is 42.0 Å². The molecule has 21 heavy (non-hydrogen) atoms. The Labute approximate surface area is 134 Å². The highest BCUT2D eigenvalue weighted by Gasteiger charge is 2.23. The molecule has 1 aliphatic rings. The SMILES string of the molecule is CC(Cc1ccc(Cl)cc1Cl)C(=O)N1CCNC(=O)CC1. The summed E-state index contributed by atoms with van der Waals surface area (Å²) in [5.74, 6) is -0.131. The zero-order valence-corrected chi connectivity index (χ0v) is 13.4. The van der Waals surface area contributed by atoms with E-state index in [2.05, 4.69) is 5.32 Å². The van der Waals surface area contributed by atoms with Crippen molar-refractivity contribution >= 4 is 35.0 Å². The second-order valence-electron chi connectivity index (χ2n) is 5.27. The van der Waals surface area contributed by atoms with Crippen molar-refractivity contribution in [3.8, 4) is 0 Å². The van der Waals surface area contributed by atoms with Gasteiger partial charge in [-0.15, -0.1) is 0 Å². The summed E-state index contributed by atoms with van der Waals surface area (Å²) in [6.45, 7) is 3.43. The number of nitrogens with zero attached hydrogens (tertiary/aromatic N) is 1. The van der Waals surface area contributed by atoms with Gasteiger partial charge in [0.05, 0.1) is 0 Å². The molecule has 0 radical (unpaired) electrons. The number of carbonyl (C=O) groups is 2. The van der Waals surface area contributed by atoms with Crippen LogP contribution in [0.1, 0.15) is 18.9 Å². The van der Waals surface area contributed by atoms with Gasteiger partial charge in [-0.05, 0) is 24.1 Å². The summed E-state index contributed by atoms with van der Waals surface area (Å²) in [5, 5.41) is 3.93. The molecule has 2 rings (SSSR count). The molecule has 0 aromatic heterocycles. The van der Waals surface area contributed by atoms with Gasteiger partial charge < -0.3 is 10.2 Å². The van der Waals surface area contributed by atoms with E-state index in [-0.39, 0.29) is 17.7 Å². The van der Waals surface area contributed by atoms with E-state index in [4.69, 9.17) is 23.2 Å². The minimum atomic E-state index is -0.183. The molecule has 1 atom stereocenters. The smallest absolute Gasteiger partial charge is 0.225 e. The van der Waals surface area contributed by atoms with Crippen LogP contribution < -0.4 is 5.32 Å². The average Bonchev–Trinajstić information content (AvgIpc) is 2.66. The van der Waals surface area contributed by atoms with Crippen LogP contribution in [0.25, 0.3) is 0 Å². The van der Waals surface area contributed by atoms with Gasteiger partial charge in [0.15, 0.2) is 0 Å². The Bertz CT molecular complexity index is 548. The zero-order chi connectivity index (χ0) is 15.4. The van der Waals surface area contributed by atoms with Crippen LogP contribution in [-0.2, 0) is 16.0 Å². The molecule has 114 valence electrons. The monoisotopic (exact) mass is 328 g/mol. The largest absolute Gasteiger partial charge is 0.354 e. The Kier molecular flexibility index (Phi) is 5.48. The molecule has 1 fully saturated rings. The highest BCUT2D eigenvalue weighted by Crippen LogP contribution is 2.24. The number of hydrogen-bond acceptors (Lipinski definition) is 2. The van der Waals surface area contributed by atoms with Crippen LogP contribution in [0.5, 0.6) is 0 Å². The van der Waals surface area contributed by atoms with Crippen LogP contribution in [0.2, 0.25) is 10.0 Å². The Morgan fingerprint density at radius 2 is 2.14 bits per heavy atom. The summed E-state index contributed by atoms with van der Waals surface area (Å²) in [6.07, 6.45) is 0.923. The topological polar surface area (TPSA) is 49.4 Å². The number of nitrogens with one attached hydrogen (secondary N) is 1. The number of amides is 2. The zero-order valence-electron chi connectivity index (χ0n) is 11.9. The summed E-state index contributed by atoms with van der Waals surface area (Å²) in [7, 11) is 0. The number of carbonyl (C=O) groups excluding carboxylic acids is 2. The second kappa shape index (κ2) is 7.14. The van der Waals surface area contributed by atoms with Gasteiger partial charge in [0.1, 0.15) is 0 Å². The summed E-state index contributed by atoms with van der Waals surface area (Å²) in [4.78, 5) is 25.5. The number of rotatable bonds is 3. The molecular formula is C15H18Cl2N2O2. The Morgan fingerprint density at radius 3 is 2.86 bits per heavy atom. The fourth-order valence-electron chi connectivity index (χ4n) is 2.40. The average molecular weight is 329 g/mol. The van der Waals surface area contributed by atoms with Crippen molar-refractivity contribution in [1.29, 1.82) is 0 Å². The Hall–Kier alpha value is -1.26. The molecule has 1 aromatic carbocycles. The third-order valence-corrected chi connectivity index (χ3v) is 4.17. The van der Waals surface area contributed by atoms with E-state index < -0.39 is 0 Å². The fourth-order valence-corrected chi connectivity index (χ4v) is 2.89. The highest BCUT2D eigenvalue weighted by atomic mass is 35.5. The molecule has 0 bridgehead atoms. The molecule has 2 amide bonds. The molecule has 1 heterocycles. The van der Waals surface area contributed by atoms with E-state index in [9.17, 15) is 9.59 Å². The van der Waals surface area contributed by atoms with E-state index in [0.717, 1.165) is 5.56 Å². The molecule has 1 saturated heterocycles. The van der Waals surface area contributed by atoms with Crippen LogP contribution in [0.3, 0.4) is 0 Å². The predicted molar refractivity (Wildman–Crippen MR) is 83.5 cm³/mol. The summed E-state index contributed by atoms with van der Waals surface area (Å²) in [5.41, 5.74) is 0.908. The molecule has 1 N–H and O–H groups in total. The van der Waals surface area contributed by atoms with Gasteiger partial charge in [0.25, 0.3) is 0 Å². The van der Waals surface area contributed by atoms with Gasteiger partial charge in [-0.2, -0.15) is 0 Å². The van der Waals surface area contributed by atoms with Crippen molar-refractivity contribution in [1.82, 2.24) is 10.2 Å². The first-order chi connectivity index (χ1) is 9.97. The molecule has 0 saturated carbocycles. The summed E-state index contributed by atoms with van der Waals surface area (Å²) in [6, 6.07) is 5.31. The van der Waals surface area contributed by atoms with Crippen LogP contribution in [0.4, 0.5) is 0 Å². The lowest BCUT2D eigenvalue weighted by Crippen LogP contribution is -2.38. The third kappa shape index (κ3) is 4.35. The third-order valence-electron chi connectivity index (χ3n) is 3.59. The minimum Gasteiger partial charge on any atom is -0.354 e. The highest BCUT2D eigenvalue weighted by molar-refractivity contribution is 6.35. The first-order valence-corrected chi connectivity index (χ1v) is 7.72. The quantitative estimate of drug-likeness (QED) is 0.926. The maximum absolute atomic E-state index is 12.5. The van der Waals surface area contributed by atoms with Gasteiger partial charge in [0.2, 0.25) is 11.8 Å². The fraction of sp³-hybridized carbons (Fsp3) is 0.467. The molecule has 1 unspecified atom stereocenters. The second-order valence-corrected chi connectivity index (χ2v) is 6.11. The van der Waals surface area contributed by atoms with Crippen molar-refractivity contribution in [2.75, 3.05) is 19.6 Å². The Morgan fingerprint density at radius 1 is 1.38 bits per heavy atom. The van der Waals surface area contributed by atoms with Crippen LogP contribution in [0.15, 0.2) is 18.2 Å². The molecule has 1 aliphatic heterocycles.